The standard InChI is InChI=1S/C10H10ClNO/c1-2-7-12-10(13)8-3-5-9(11)6-4-8/h2-7H,1H3,(H,12,13)/b7-2-. The van der Waals surface area contributed by atoms with Crippen molar-refractivity contribution in [1.29, 1.82) is 0 Å². The summed E-state index contributed by atoms with van der Waals surface area (Å²) in [5, 5.41) is 3.23. The van der Waals surface area contributed by atoms with Crippen molar-refractivity contribution in [3.63, 3.8) is 0 Å². The van der Waals surface area contributed by atoms with Gasteiger partial charge < -0.3 is 5.32 Å². The average Bonchev–Trinajstić information content (AvgIpc) is 2.15. The van der Waals surface area contributed by atoms with Crippen molar-refractivity contribution in [2.45, 2.75) is 6.92 Å². The molecule has 0 heterocycles. The van der Waals surface area contributed by atoms with E-state index in [-0.39, 0.29) is 5.91 Å². The lowest BCUT2D eigenvalue weighted by Gasteiger charge is -1.99. The van der Waals surface area contributed by atoms with E-state index >= 15 is 0 Å². The third-order valence-electron chi connectivity index (χ3n) is 1.49. The lowest BCUT2D eigenvalue weighted by Crippen LogP contribution is -2.16. The zero-order chi connectivity index (χ0) is 9.68. The van der Waals surface area contributed by atoms with Crippen LogP contribution in [0.15, 0.2) is 36.5 Å². The van der Waals surface area contributed by atoms with Gasteiger partial charge in [-0.2, -0.15) is 0 Å². The molecular weight excluding hydrogens is 186 g/mol. The molecule has 0 aliphatic carbocycles. The number of allylic oxidation sites excluding steroid dienone is 1. The smallest absolute Gasteiger partial charge is 0.255 e. The Balaban J connectivity index is 2.72. The molecule has 0 bridgehead atoms. The molecule has 0 saturated heterocycles. The summed E-state index contributed by atoms with van der Waals surface area (Å²) in [5.74, 6) is -0.130. The third-order valence-corrected chi connectivity index (χ3v) is 1.74. The Morgan fingerprint density at radius 3 is 2.54 bits per heavy atom. The van der Waals surface area contributed by atoms with Crippen LogP contribution in [-0.2, 0) is 0 Å². The highest BCUT2D eigenvalue weighted by Crippen LogP contribution is 2.09. The average molecular weight is 196 g/mol. The molecule has 68 valence electrons. The molecular formula is C10H10ClNO. The van der Waals surface area contributed by atoms with Gasteiger partial charge in [0.05, 0.1) is 0 Å². The molecule has 0 unspecified atom stereocenters. The van der Waals surface area contributed by atoms with Crippen LogP contribution in [0.3, 0.4) is 0 Å². The molecule has 0 aliphatic rings. The van der Waals surface area contributed by atoms with E-state index in [4.69, 9.17) is 11.6 Å². The lowest BCUT2D eigenvalue weighted by molar-refractivity contribution is 0.0970. The fourth-order valence-electron chi connectivity index (χ4n) is 0.844. The summed E-state index contributed by atoms with van der Waals surface area (Å²) < 4.78 is 0. The Morgan fingerprint density at radius 2 is 2.00 bits per heavy atom. The molecule has 3 heteroatoms. The molecule has 2 nitrogen and oxygen atoms in total. The van der Waals surface area contributed by atoms with Gasteiger partial charge in [-0.25, -0.2) is 0 Å². The van der Waals surface area contributed by atoms with Crippen LogP contribution in [0.25, 0.3) is 0 Å². The Kier molecular flexibility index (Phi) is 3.53. The van der Waals surface area contributed by atoms with E-state index < -0.39 is 0 Å². The number of carbonyl (C=O) groups excluding carboxylic acids is 1. The number of rotatable bonds is 2. The number of carbonyl (C=O) groups is 1. The topological polar surface area (TPSA) is 29.1 Å². The maximum Gasteiger partial charge on any atom is 0.255 e. The molecule has 1 amide bonds. The number of benzene rings is 1. The van der Waals surface area contributed by atoms with Gasteiger partial charge in [-0.1, -0.05) is 17.7 Å². The normalized spacial score (nSPS) is 10.3. The zero-order valence-electron chi connectivity index (χ0n) is 7.25. The highest BCUT2D eigenvalue weighted by molar-refractivity contribution is 6.30. The Hall–Kier alpha value is -1.28. The summed E-state index contributed by atoms with van der Waals surface area (Å²) in [6.45, 7) is 1.84. The molecule has 0 aliphatic heterocycles. The van der Waals surface area contributed by atoms with Crippen molar-refractivity contribution in [3.05, 3.63) is 47.1 Å². The van der Waals surface area contributed by atoms with Gasteiger partial charge in [-0.3, -0.25) is 4.79 Å². The first-order valence-electron chi connectivity index (χ1n) is 3.91. The van der Waals surface area contributed by atoms with Gasteiger partial charge in [0.25, 0.3) is 5.91 Å². The lowest BCUT2D eigenvalue weighted by atomic mass is 10.2. The SMILES string of the molecule is C/C=C\NC(=O)c1ccc(Cl)cc1. The fourth-order valence-corrected chi connectivity index (χ4v) is 0.970. The monoisotopic (exact) mass is 195 g/mol. The second-order valence-electron chi connectivity index (χ2n) is 2.48. The van der Waals surface area contributed by atoms with Crippen molar-refractivity contribution in [3.8, 4) is 0 Å². The van der Waals surface area contributed by atoms with Crippen molar-refractivity contribution < 1.29 is 4.79 Å². The predicted molar refractivity (Wildman–Crippen MR) is 53.7 cm³/mol. The van der Waals surface area contributed by atoms with Gasteiger partial charge in [0.1, 0.15) is 0 Å². The quantitative estimate of drug-likeness (QED) is 0.772. The van der Waals surface area contributed by atoms with Crippen LogP contribution in [0, 0.1) is 0 Å². The van der Waals surface area contributed by atoms with Crippen LogP contribution in [0.1, 0.15) is 17.3 Å². The molecule has 1 aromatic rings. The van der Waals surface area contributed by atoms with Gasteiger partial charge in [0, 0.05) is 10.6 Å². The molecule has 13 heavy (non-hydrogen) atoms. The van der Waals surface area contributed by atoms with Crippen molar-refractivity contribution in [2.24, 2.45) is 0 Å². The van der Waals surface area contributed by atoms with Crippen LogP contribution in [0.4, 0.5) is 0 Å². The van der Waals surface area contributed by atoms with Gasteiger partial charge in [-0.15, -0.1) is 0 Å². The largest absolute Gasteiger partial charge is 0.329 e. The Bertz CT molecular complexity index is 316. The number of halogens is 1. The molecule has 1 rings (SSSR count). The minimum absolute atomic E-state index is 0.130. The van der Waals surface area contributed by atoms with E-state index in [1.165, 1.54) is 0 Å². The van der Waals surface area contributed by atoms with Crippen molar-refractivity contribution in [1.82, 2.24) is 5.32 Å². The van der Waals surface area contributed by atoms with Crippen LogP contribution in [0.2, 0.25) is 5.02 Å². The van der Waals surface area contributed by atoms with Gasteiger partial charge >= 0.3 is 0 Å². The molecule has 0 saturated carbocycles. The molecule has 0 aromatic heterocycles. The molecule has 0 spiro atoms. The van der Waals surface area contributed by atoms with Gasteiger partial charge in [0.2, 0.25) is 0 Å². The predicted octanol–water partition coefficient (Wildman–Crippen LogP) is 2.60. The van der Waals surface area contributed by atoms with E-state index in [9.17, 15) is 4.79 Å². The second-order valence-corrected chi connectivity index (χ2v) is 2.92. The summed E-state index contributed by atoms with van der Waals surface area (Å²) in [6.07, 6.45) is 3.35. The second kappa shape index (κ2) is 4.67. The maximum atomic E-state index is 11.3. The maximum absolute atomic E-state index is 11.3. The van der Waals surface area contributed by atoms with E-state index in [1.807, 2.05) is 6.92 Å². The third kappa shape index (κ3) is 2.92. The number of hydrogen-bond acceptors (Lipinski definition) is 1. The summed E-state index contributed by atoms with van der Waals surface area (Å²) in [6, 6.07) is 6.74. The van der Waals surface area contributed by atoms with E-state index in [2.05, 4.69) is 5.32 Å². The fraction of sp³-hybridized carbons (Fsp3) is 0.100. The molecule has 0 atom stereocenters. The van der Waals surface area contributed by atoms with Crippen LogP contribution in [0.5, 0.6) is 0 Å². The summed E-state index contributed by atoms with van der Waals surface area (Å²) in [7, 11) is 0. The molecule has 1 N–H and O–H groups in total. The van der Waals surface area contributed by atoms with Crippen LogP contribution >= 0.6 is 11.6 Å². The number of nitrogens with one attached hydrogen (secondary N) is 1. The van der Waals surface area contributed by atoms with Gasteiger partial charge in [0.15, 0.2) is 0 Å². The molecule has 1 aromatic carbocycles. The van der Waals surface area contributed by atoms with E-state index in [0.29, 0.717) is 10.6 Å². The van der Waals surface area contributed by atoms with Crippen molar-refractivity contribution in [2.75, 3.05) is 0 Å². The van der Waals surface area contributed by atoms with E-state index in [1.54, 1.807) is 36.5 Å². The first kappa shape index (κ1) is 9.81. The number of hydrogen-bond donors (Lipinski definition) is 1. The summed E-state index contributed by atoms with van der Waals surface area (Å²) in [5.41, 5.74) is 0.600. The highest BCUT2D eigenvalue weighted by atomic mass is 35.5. The van der Waals surface area contributed by atoms with Gasteiger partial charge in [-0.05, 0) is 37.4 Å². The van der Waals surface area contributed by atoms with E-state index in [0.717, 1.165) is 0 Å². The first-order valence-corrected chi connectivity index (χ1v) is 4.29. The molecule has 0 fully saturated rings. The Labute approximate surface area is 82.2 Å². The van der Waals surface area contributed by atoms with Crippen LogP contribution in [-0.4, -0.2) is 5.91 Å². The van der Waals surface area contributed by atoms with Crippen molar-refractivity contribution >= 4 is 17.5 Å². The zero-order valence-corrected chi connectivity index (χ0v) is 8.01. The Morgan fingerprint density at radius 1 is 1.38 bits per heavy atom. The number of amides is 1. The minimum atomic E-state index is -0.130. The molecule has 0 radical (unpaired) electrons. The van der Waals surface area contributed by atoms with Crippen LogP contribution < -0.4 is 5.32 Å². The minimum Gasteiger partial charge on any atom is -0.329 e. The first-order chi connectivity index (χ1) is 6.24. The highest BCUT2D eigenvalue weighted by Gasteiger charge is 2.01. The summed E-state index contributed by atoms with van der Waals surface area (Å²) >= 11 is 5.68. The summed E-state index contributed by atoms with van der Waals surface area (Å²) in [4.78, 5) is 11.3.